The summed E-state index contributed by atoms with van der Waals surface area (Å²) in [7, 11) is 0. The third-order valence-electron chi connectivity index (χ3n) is 4.12. The number of halogens is 1. The minimum Gasteiger partial charge on any atom is -0.491 e. The molecule has 1 fully saturated rings. The summed E-state index contributed by atoms with van der Waals surface area (Å²) < 4.78 is 5.77. The number of hydrogen-bond donors (Lipinski definition) is 0. The maximum atomic E-state index is 6.09. The van der Waals surface area contributed by atoms with Crippen molar-refractivity contribution in [3.63, 3.8) is 0 Å². The molecule has 1 saturated heterocycles. The number of pyridine rings is 1. The molecule has 0 N–H and O–H groups in total. The number of piperazine rings is 1. The Hall–Kier alpha value is -1.62. The van der Waals surface area contributed by atoms with Crippen molar-refractivity contribution in [3.8, 4) is 5.75 Å². The van der Waals surface area contributed by atoms with E-state index in [-0.39, 0.29) is 0 Å². The highest BCUT2D eigenvalue weighted by atomic mass is 35.5. The van der Waals surface area contributed by atoms with E-state index in [9.17, 15) is 0 Å². The molecule has 0 radical (unpaired) electrons. The van der Waals surface area contributed by atoms with Crippen molar-refractivity contribution in [2.75, 3.05) is 39.3 Å². The summed E-state index contributed by atoms with van der Waals surface area (Å²) in [6.07, 6.45) is 3.72. The second-order valence-electron chi connectivity index (χ2n) is 5.75. The molecule has 1 aromatic carbocycles. The molecule has 0 bridgehead atoms. The molecule has 2 heterocycles. The van der Waals surface area contributed by atoms with Gasteiger partial charge in [-0.05, 0) is 29.8 Å². The molecule has 0 unspecified atom stereocenters. The zero-order valence-corrected chi connectivity index (χ0v) is 14.0. The lowest BCUT2D eigenvalue weighted by Crippen LogP contribution is -2.47. The molecule has 0 amide bonds. The second kappa shape index (κ2) is 8.29. The number of aromatic nitrogens is 1. The quantitative estimate of drug-likeness (QED) is 0.813. The topological polar surface area (TPSA) is 28.6 Å². The molecule has 4 nitrogen and oxygen atoms in total. The Balaban J connectivity index is 1.37. The number of nitrogens with zero attached hydrogens (tertiary/aromatic N) is 3. The van der Waals surface area contributed by atoms with Gasteiger partial charge in [0, 0.05) is 51.7 Å². The molecule has 0 spiro atoms. The summed E-state index contributed by atoms with van der Waals surface area (Å²) >= 11 is 6.09. The van der Waals surface area contributed by atoms with Gasteiger partial charge in [0.15, 0.2) is 0 Å². The van der Waals surface area contributed by atoms with Crippen molar-refractivity contribution in [2.24, 2.45) is 0 Å². The highest BCUT2D eigenvalue weighted by Crippen LogP contribution is 2.22. The smallest absolute Gasteiger partial charge is 0.137 e. The van der Waals surface area contributed by atoms with Crippen molar-refractivity contribution < 1.29 is 4.74 Å². The molecule has 1 aliphatic rings. The maximum Gasteiger partial charge on any atom is 0.137 e. The van der Waals surface area contributed by atoms with E-state index in [4.69, 9.17) is 16.3 Å². The fourth-order valence-electron chi connectivity index (χ4n) is 2.76. The van der Waals surface area contributed by atoms with Crippen LogP contribution in [0, 0.1) is 0 Å². The Kier molecular flexibility index (Phi) is 5.86. The molecule has 3 rings (SSSR count). The van der Waals surface area contributed by atoms with Gasteiger partial charge in [-0.1, -0.05) is 23.7 Å². The van der Waals surface area contributed by atoms with Crippen LogP contribution < -0.4 is 4.74 Å². The summed E-state index contributed by atoms with van der Waals surface area (Å²) in [4.78, 5) is 9.00. The predicted molar refractivity (Wildman–Crippen MR) is 92.9 cm³/mol. The van der Waals surface area contributed by atoms with Crippen molar-refractivity contribution in [2.45, 2.75) is 6.54 Å². The van der Waals surface area contributed by atoms with Crippen LogP contribution in [0.25, 0.3) is 0 Å². The summed E-state index contributed by atoms with van der Waals surface area (Å²) in [6.45, 7) is 6.96. The molecule has 0 saturated carbocycles. The molecule has 122 valence electrons. The van der Waals surface area contributed by atoms with E-state index in [0.29, 0.717) is 11.6 Å². The lowest BCUT2D eigenvalue weighted by atomic mass is 10.2. The number of ether oxygens (including phenoxy) is 1. The predicted octanol–water partition coefficient (Wildman–Crippen LogP) is 2.93. The Labute approximate surface area is 142 Å². The molecule has 1 aromatic heterocycles. The summed E-state index contributed by atoms with van der Waals surface area (Å²) in [5.74, 6) is 0.769. The molecular weight excluding hydrogens is 310 g/mol. The first-order chi connectivity index (χ1) is 11.3. The van der Waals surface area contributed by atoms with Gasteiger partial charge in [0.25, 0.3) is 0 Å². The average Bonchev–Trinajstić information content (AvgIpc) is 2.59. The van der Waals surface area contributed by atoms with Gasteiger partial charge in [0.2, 0.25) is 0 Å². The van der Waals surface area contributed by atoms with Crippen molar-refractivity contribution in [1.29, 1.82) is 0 Å². The van der Waals surface area contributed by atoms with Crippen molar-refractivity contribution in [3.05, 3.63) is 59.4 Å². The maximum absolute atomic E-state index is 6.09. The van der Waals surface area contributed by atoms with Crippen LogP contribution in [0.4, 0.5) is 0 Å². The Morgan fingerprint density at radius 2 is 1.65 bits per heavy atom. The largest absolute Gasteiger partial charge is 0.491 e. The van der Waals surface area contributed by atoms with E-state index in [1.54, 1.807) is 0 Å². The van der Waals surface area contributed by atoms with Crippen LogP contribution in [0.3, 0.4) is 0 Å². The number of hydrogen-bond acceptors (Lipinski definition) is 4. The van der Waals surface area contributed by atoms with Crippen LogP contribution in [0.5, 0.6) is 5.75 Å². The molecule has 0 atom stereocenters. The molecule has 0 aliphatic carbocycles. The van der Waals surface area contributed by atoms with Crippen LogP contribution in [0.15, 0.2) is 48.8 Å². The van der Waals surface area contributed by atoms with Crippen molar-refractivity contribution in [1.82, 2.24) is 14.8 Å². The van der Waals surface area contributed by atoms with Gasteiger partial charge < -0.3 is 4.74 Å². The van der Waals surface area contributed by atoms with E-state index >= 15 is 0 Å². The van der Waals surface area contributed by atoms with Gasteiger partial charge in [-0.15, -0.1) is 0 Å². The third kappa shape index (κ3) is 4.93. The van der Waals surface area contributed by atoms with Gasteiger partial charge >= 0.3 is 0 Å². The van der Waals surface area contributed by atoms with E-state index in [0.717, 1.165) is 45.0 Å². The van der Waals surface area contributed by atoms with Crippen LogP contribution in [-0.4, -0.2) is 54.1 Å². The third-order valence-corrected chi connectivity index (χ3v) is 4.43. The number of benzene rings is 1. The Morgan fingerprint density at radius 3 is 2.39 bits per heavy atom. The van der Waals surface area contributed by atoms with Crippen LogP contribution in [0.1, 0.15) is 5.56 Å². The van der Waals surface area contributed by atoms with E-state index in [1.165, 1.54) is 5.56 Å². The van der Waals surface area contributed by atoms with E-state index in [2.05, 4.69) is 26.9 Å². The van der Waals surface area contributed by atoms with Gasteiger partial charge in [-0.3, -0.25) is 14.8 Å². The zero-order chi connectivity index (χ0) is 15.9. The minimum absolute atomic E-state index is 0.675. The van der Waals surface area contributed by atoms with E-state index in [1.807, 2.05) is 36.7 Å². The number of rotatable bonds is 6. The van der Waals surface area contributed by atoms with Gasteiger partial charge in [0.1, 0.15) is 12.4 Å². The fraction of sp³-hybridized carbons (Fsp3) is 0.389. The molecule has 23 heavy (non-hydrogen) atoms. The normalized spacial score (nSPS) is 16.4. The summed E-state index contributed by atoms with van der Waals surface area (Å²) in [5, 5.41) is 0.676. The monoisotopic (exact) mass is 331 g/mol. The molecule has 5 heteroatoms. The van der Waals surface area contributed by atoms with Gasteiger partial charge in [0.05, 0.1) is 5.02 Å². The first-order valence-electron chi connectivity index (χ1n) is 8.02. The van der Waals surface area contributed by atoms with Crippen LogP contribution in [0.2, 0.25) is 5.02 Å². The second-order valence-corrected chi connectivity index (χ2v) is 6.16. The summed E-state index contributed by atoms with van der Waals surface area (Å²) in [6, 6.07) is 11.8. The van der Waals surface area contributed by atoms with E-state index < -0.39 is 0 Å². The number of para-hydroxylation sites is 1. The van der Waals surface area contributed by atoms with Crippen LogP contribution >= 0.6 is 11.6 Å². The van der Waals surface area contributed by atoms with Gasteiger partial charge in [-0.25, -0.2) is 0 Å². The first kappa shape index (κ1) is 16.2. The minimum atomic E-state index is 0.675. The molecule has 1 aliphatic heterocycles. The van der Waals surface area contributed by atoms with Crippen LogP contribution in [-0.2, 0) is 6.54 Å². The molecular formula is C18H22ClN3O. The first-order valence-corrected chi connectivity index (χ1v) is 8.40. The lowest BCUT2D eigenvalue weighted by Gasteiger charge is -2.34. The Bertz CT molecular complexity index is 600. The van der Waals surface area contributed by atoms with Gasteiger partial charge in [-0.2, -0.15) is 0 Å². The summed E-state index contributed by atoms with van der Waals surface area (Å²) in [5.41, 5.74) is 1.33. The molecule has 2 aromatic rings. The SMILES string of the molecule is Clc1ccccc1OCCN1CCN(Cc2ccncc2)CC1. The highest BCUT2D eigenvalue weighted by Gasteiger charge is 2.16. The lowest BCUT2D eigenvalue weighted by molar-refractivity contribution is 0.112. The fourth-order valence-corrected chi connectivity index (χ4v) is 2.95. The standard InChI is InChI=1S/C18H22ClN3O/c19-17-3-1-2-4-18(17)23-14-13-21-9-11-22(12-10-21)15-16-5-7-20-8-6-16/h1-8H,9-15H2. The zero-order valence-electron chi connectivity index (χ0n) is 13.2. The van der Waals surface area contributed by atoms with Crippen molar-refractivity contribution >= 4 is 11.6 Å². The highest BCUT2D eigenvalue weighted by molar-refractivity contribution is 6.32. The average molecular weight is 332 g/mol. The Morgan fingerprint density at radius 1 is 0.957 bits per heavy atom.